The third kappa shape index (κ3) is 5.29. The maximum Gasteiger partial charge on any atom is 0.416 e. The van der Waals surface area contributed by atoms with Crippen molar-refractivity contribution < 1.29 is 18.0 Å². The minimum Gasteiger partial charge on any atom is -0.325 e. The zero-order chi connectivity index (χ0) is 24.5. The van der Waals surface area contributed by atoms with Crippen molar-refractivity contribution in [3.8, 4) is 0 Å². The molecule has 0 spiro atoms. The van der Waals surface area contributed by atoms with E-state index < -0.39 is 28.9 Å². The monoisotopic (exact) mass is 480 g/mol. The maximum atomic E-state index is 12.9. The molecule has 0 aliphatic heterocycles. The molecule has 7 nitrogen and oxygen atoms in total. The number of hydrogen-bond acceptors (Lipinski definition) is 5. The van der Waals surface area contributed by atoms with Crippen LogP contribution in [0.4, 0.5) is 18.9 Å². The number of thioether (sulfide) groups is 1. The number of fused-ring (bicyclic) bond motifs is 1. The van der Waals surface area contributed by atoms with Gasteiger partial charge < -0.3 is 5.32 Å². The summed E-state index contributed by atoms with van der Waals surface area (Å²) in [6, 6.07) is 4.37. The van der Waals surface area contributed by atoms with Crippen LogP contribution in [0.5, 0.6) is 0 Å². The Bertz CT molecular complexity index is 1330. The number of pyridine rings is 1. The van der Waals surface area contributed by atoms with Crippen molar-refractivity contribution in [2.75, 3.05) is 11.1 Å². The molecule has 11 heteroatoms. The molecular weight excluding hydrogens is 457 g/mol. The quantitative estimate of drug-likeness (QED) is 0.545. The van der Waals surface area contributed by atoms with Crippen LogP contribution in [0, 0.1) is 5.92 Å². The van der Waals surface area contributed by atoms with Crippen LogP contribution in [-0.4, -0.2) is 25.8 Å². The summed E-state index contributed by atoms with van der Waals surface area (Å²) >= 11 is 1.09. The lowest BCUT2D eigenvalue weighted by molar-refractivity contribution is -0.137. The molecule has 3 aromatic rings. The second-order valence-electron chi connectivity index (χ2n) is 8.03. The average Bonchev–Trinajstić information content (AvgIpc) is 2.74. The number of amides is 1. The molecule has 0 saturated heterocycles. The van der Waals surface area contributed by atoms with Crippen LogP contribution in [0.3, 0.4) is 0 Å². The number of benzene rings is 1. The maximum absolute atomic E-state index is 12.9. The smallest absolute Gasteiger partial charge is 0.325 e. The SMILES string of the molecule is CC(C)Cc1cnc2c(c1SCC(=O)Nc1cccc(C(F)(F)F)c1)c(=O)n(C)c(=O)n2C. The fourth-order valence-corrected chi connectivity index (χ4v) is 4.39. The first kappa shape index (κ1) is 24.6. The Balaban J connectivity index is 1.95. The van der Waals surface area contributed by atoms with Crippen molar-refractivity contribution >= 4 is 34.4 Å². The van der Waals surface area contributed by atoms with Crippen molar-refractivity contribution in [3.05, 3.63) is 62.4 Å². The molecule has 1 amide bonds. The minimum absolute atomic E-state index is 0.0238. The van der Waals surface area contributed by atoms with E-state index in [0.29, 0.717) is 11.3 Å². The van der Waals surface area contributed by atoms with Gasteiger partial charge in [0.15, 0.2) is 0 Å². The van der Waals surface area contributed by atoms with Crippen LogP contribution < -0.4 is 16.6 Å². The summed E-state index contributed by atoms with van der Waals surface area (Å²) in [6.45, 7) is 4.00. The summed E-state index contributed by atoms with van der Waals surface area (Å²) in [6.07, 6.45) is -2.34. The zero-order valence-electron chi connectivity index (χ0n) is 18.5. The van der Waals surface area contributed by atoms with Gasteiger partial charge in [-0.3, -0.25) is 18.7 Å². The van der Waals surface area contributed by atoms with Gasteiger partial charge in [0.2, 0.25) is 5.91 Å². The van der Waals surface area contributed by atoms with Gasteiger partial charge in [0.1, 0.15) is 5.65 Å². The zero-order valence-corrected chi connectivity index (χ0v) is 19.3. The number of alkyl halides is 3. The van der Waals surface area contributed by atoms with Crippen molar-refractivity contribution in [1.29, 1.82) is 0 Å². The van der Waals surface area contributed by atoms with Gasteiger partial charge in [-0.2, -0.15) is 13.2 Å². The van der Waals surface area contributed by atoms with E-state index in [4.69, 9.17) is 0 Å². The Kier molecular flexibility index (Phi) is 7.01. The molecule has 0 atom stereocenters. The first-order chi connectivity index (χ1) is 15.4. The molecular formula is C22H23F3N4O3S. The van der Waals surface area contributed by atoms with Crippen molar-refractivity contribution in [2.24, 2.45) is 20.0 Å². The first-order valence-corrected chi connectivity index (χ1v) is 11.1. The third-order valence-electron chi connectivity index (χ3n) is 4.94. The van der Waals surface area contributed by atoms with Gasteiger partial charge in [0.05, 0.1) is 16.7 Å². The number of rotatable bonds is 6. The fourth-order valence-electron chi connectivity index (χ4n) is 3.40. The lowest BCUT2D eigenvalue weighted by Gasteiger charge is -2.15. The van der Waals surface area contributed by atoms with E-state index in [1.54, 1.807) is 6.20 Å². The number of aromatic nitrogens is 3. The summed E-state index contributed by atoms with van der Waals surface area (Å²) in [5.74, 6) is -0.438. The Morgan fingerprint density at radius 1 is 1.18 bits per heavy atom. The van der Waals surface area contributed by atoms with Gasteiger partial charge in [-0.1, -0.05) is 19.9 Å². The van der Waals surface area contributed by atoms with Gasteiger partial charge in [0.25, 0.3) is 5.56 Å². The fraction of sp³-hybridized carbons (Fsp3) is 0.364. The molecule has 2 aromatic heterocycles. The molecule has 0 bridgehead atoms. The van der Waals surface area contributed by atoms with Gasteiger partial charge in [0, 0.05) is 30.9 Å². The van der Waals surface area contributed by atoms with Crippen LogP contribution in [0.25, 0.3) is 11.0 Å². The van der Waals surface area contributed by atoms with Crippen LogP contribution in [0.15, 0.2) is 44.9 Å². The predicted octanol–water partition coefficient (Wildman–Crippen LogP) is 3.58. The molecule has 0 aliphatic rings. The molecule has 0 unspecified atom stereocenters. The Labute approximate surface area is 191 Å². The van der Waals surface area contributed by atoms with E-state index in [2.05, 4.69) is 10.3 Å². The highest BCUT2D eigenvalue weighted by Gasteiger charge is 2.30. The molecule has 33 heavy (non-hydrogen) atoms. The normalized spacial score (nSPS) is 11.9. The second-order valence-corrected chi connectivity index (χ2v) is 9.02. The third-order valence-corrected chi connectivity index (χ3v) is 6.11. The number of nitrogens with one attached hydrogen (secondary N) is 1. The highest BCUT2D eigenvalue weighted by Crippen LogP contribution is 2.32. The molecule has 2 heterocycles. The Hall–Kier alpha value is -3.08. The summed E-state index contributed by atoms with van der Waals surface area (Å²) in [4.78, 5) is 42.6. The lowest BCUT2D eigenvalue weighted by Crippen LogP contribution is -2.37. The van der Waals surface area contributed by atoms with Gasteiger partial charge in [-0.25, -0.2) is 9.78 Å². The van der Waals surface area contributed by atoms with Crippen molar-refractivity contribution in [1.82, 2.24) is 14.1 Å². The van der Waals surface area contributed by atoms with E-state index >= 15 is 0 Å². The molecule has 0 saturated carbocycles. The summed E-state index contributed by atoms with van der Waals surface area (Å²) in [5.41, 5.74) is -0.921. The predicted molar refractivity (Wildman–Crippen MR) is 122 cm³/mol. The van der Waals surface area contributed by atoms with E-state index in [-0.39, 0.29) is 28.4 Å². The number of halogens is 3. The number of nitrogens with zero attached hydrogens (tertiary/aromatic N) is 3. The summed E-state index contributed by atoms with van der Waals surface area (Å²) in [7, 11) is 2.88. The Morgan fingerprint density at radius 2 is 1.88 bits per heavy atom. The van der Waals surface area contributed by atoms with E-state index in [1.807, 2.05) is 13.8 Å². The van der Waals surface area contributed by atoms with Crippen LogP contribution in [0.1, 0.15) is 25.0 Å². The number of anilines is 1. The van der Waals surface area contributed by atoms with Crippen molar-refractivity contribution in [3.63, 3.8) is 0 Å². The molecule has 0 aliphatic carbocycles. The first-order valence-electron chi connectivity index (χ1n) is 10.1. The largest absolute Gasteiger partial charge is 0.416 e. The highest BCUT2D eigenvalue weighted by atomic mass is 32.2. The number of carbonyl (C=O) groups excluding carboxylic acids is 1. The molecule has 1 aromatic carbocycles. The van der Waals surface area contributed by atoms with Crippen LogP contribution >= 0.6 is 11.8 Å². The van der Waals surface area contributed by atoms with E-state index in [1.165, 1.54) is 30.8 Å². The molecule has 1 N–H and O–H groups in total. The van der Waals surface area contributed by atoms with E-state index in [0.717, 1.165) is 34.0 Å². The number of carbonyl (C=O) groups is 1. The number of hydrogen-bond donors (Lipinski definition) is 1. The Morgan fingerprint density at radius 3 is 2.52 bits per heavy atom. The standard InChI is InChI=1S/C22H23F3N4O3S/c1-12(2)8-13-10-26-19-17(20(31)29(4)21(32)28(19)3)18(13)33-11-16(30)27-15-7-5-6-14(9-15)22(23,24)25/h5-7,9-10,12H,8,11H2,1-4H3,(H,27,30). The highest BCUT2D eigenvalue weighted by molar-refractivity contribution is 8.00. The topological polar surface area (TPSA) is 86.0 Å². The lowest BCUT2D eigenvalue weighted by atomic mass is 10.0. The average molecular weight is 481 g/mol. The van der Waals surface area contributed by atoms with Crippen LogP contribution in [0.2, 0.25) is 0 Å². The summed E-state index contributed by atoms with van der Waals surface area (Å²) in [5, 5.41) is 2.70. The molecule has 176 valence electrons. The molecule has 3 rings (SSSR count). The van der Waals surface area contributed by atoms with Gasteiger partial charge in [-0.05, 0) is 36.1 Å². The van der Waals surface area contributed by atoms with Gasteiger partial charge >= 0.3 is 11.9 Å². The summed E-state index contributed by atoms with van der Waals surface area (Å²) < 4.78 is 41.0. The van der Waals surface area contributed by atoms with E-state index in [9.17, 15) is 27.6 Å². The number of aryl methyl sites for hydroxylation is 1. The van der Waals surface area contributed by atoms with Crippen LogP contribution in [-0.2, 0) is 31.5 Å². The van der Waals surface area contributed by atoms with Gasteiger partial charge in [-0.15, -0.1) is 11.8 Å². The minimum atomic E-state index is -4.52. The molecule has 0 fully saturated rings. The molecule has 0 radical (unpaired) electrons. The van der Waals surface area contributed by atoms with Crippen molar-refractivity contribution in [2.45, 2.75) is 31.3 Å². The second kappa shape index (κ2) is 9.42.